The molecule has 5 heteroatoms. The van der Waals surface area contributed by atoms with Crippen LogP contribution < -0.4 is 0 Å². The molecule has 1 saturated heterocycles. The van der Waals surface area contributed by atoms with Gasteiger partial charge >= 0.3 is 0 Å². The molecule has 1 aromatic rings. The van der Waals surface area contributed by atoms with Crippen LogP contribution in [-0.2, 0) is 16.3 Å². The molecular weight excluding hydrogens is 286 g/mol. The second-order valence-corrected chi connectivity index (χ2v) is 8.04. The molecule has 2 unspecified atom stereocenters. The third-order valence-electron chi connectivity index (χ3n) is 4.42. The number of benzene rings is 1. The van der Waals surface area contributed by atoms with Gasteiger partial charge in [0.2, 0.25) is 0 Å². The second-order valence-electron chi connectivity index (χ2n) is 5.81. The average Bonchev–Trinajstić information content (AvgIpc) is 2.85. The van der Waals surface area contributed by atoms with Crippen LogP contribution in [0.15, 0.2) is 24.3 Å². The highest BCUT2D eigenvalue weighted by molar-refractivity contribution is 7.91. The number of hydrogen-bond acceptors (Lipinski definition) is 4. The fraction of sp³-hybridized carbons (Fsp3) is 0.562. The molecule has 116 valence electrons. The SMILES string of the molecule is CCc1ccc(C(=O)C(C)N(C)C2CCS(=O)(=O)C2)cc1. The molecule has 4 nitrogen and oxygen atoms in total. The van der Waals surface area contributed by atoms with Crippen molar-refractivity contribution in [3.05, 3.63) is 35.4 Å². The van der Waals surface area contributed by atoms with Crippen LogP contribution in [0.1, 0.15) is 36.2 Å². The maximum absolute atomic E-state index is 12.5. The summed E-state index contributed by atoms with van der Waals surface area (Å²) in [5, 5.41) is 0. The summed E-state index contributed by atoms with van der Waals surface area (Å²) in [6, 6.07) is 7.30. The van der Waals surface area contributed by atoms with Gasteiger partial charge in [-0.05, 0) is 32.4 Å². The fourth-order valence-electron chi connectivity index (χ4n) is 2.74. The molecule has 1 fully saturated rings. The van der Waals surface area contributed by atoms with Crippen molar-refractivity contribution in [3.63, 3.8) is 0 Å². The van der Waals surface area contributed by atoms with Gasteiger partial charge in [-0.3, -0.25) is 9.69 Å². The van der Waals surface area contributed by atoms with Gasteiger partial charge in [-0.1, -0.05) is 31.2 Å². The first kappa shape index (κ1) is 16.2. The Morgan fingerprint density at radius 3 is 2.43 bits per heavy atom. The fourth-order valence-corrected chi connectivity index (χ4v) is 4.53. The Kier molecular flexibility index (Phi) is 4.84. The van der Waals surface area contributed by atoms with Crippen LogP contribution in [0.5, 0.6) is 0 Å². The van der Waals surface area contributed by atoms with E-state index < -0.39 is 9.84 Å². The number of hydrogen-bond donors (Lipinski definition) is 0. The lowest BCUT2D eigenvalue weighted by Crippen LogP contribution is -2.43. The van der Waals surface area contributed by atoms with Crippen molar-refractivity contribution >= 4 is 15.6 Å². The quantitative estimate of drug-likeness (QED) is 0.780. The number of nitrogens with zero attached hydrogens (tertiary/aromatic N) is 1. The zero-order valence-electron chi connectivity index (χ0n) is 12.9. The lowest BCUT2D eigenvalue weighted by Gasteiger charge is -2.28. The van der Waals surface area contributed by atoms with E-state index in [9.17, 15) is 13.2 Å². The van der Waals surface area contributed by atoms with E-state index in [1.54, 1.807) is 0 Å². The maximum Gasteiger partial charge on any atom is 0.179 e. The predicted molar refractivity (Wildman–Crippen MR) is 84.4 cm³/mol. The largest absolute Gasteiger partial charge is 0.293 e. The van der Waals surface area contributed by atoms with Crippen LogP contribution in [0.3, 0.4) is 0 Å². The van der Waals surface area contributed by atoms with E-state index in [0.717, 1.165) is 6.42 Å². The molecule has 2 atom stereocenters. The first-order valence-electron chi connectivity index (χ1n) is 7.39. The Balaban J connectivity index is 2.07. The van der Waals surface area contributed by atoms with Gasteiger partial charge in [-0.2, -0.15) is 0 Å². The molecule has 0 radical (unpaired) electrons. The minimum atomic E-state index is -2.93. The van der Waals surface area contributed by atoms with E-state index in [2.05, 4.69) is 6.92 Å². The van der Waals surface area contributed by atoms with Crippen molar-refractivity contribution < 1.29 is 13.2 Å². The van der Waals surface area contributed by atoms with E-state index in [4.69, 9.17) is 0 Å². The van der Waals surface area contributed by atoms with E-state index in [1.165, 1.54) is 5.56 Å². The molecular formula is C16H23NO3S. The number of carbonyl (C=O) groups excluding carboxylic acids is 1. The van der Waals surface area contributed by atoms with Crippen molar-refractivity contribution in [2.45, 2.75) is 38.8 Å². The van der Waals surface area contributed by atoms with Crippen LogP contribution in [-0.4, -0.2) is 49.7 Å². The molecule has 0 bridgehead atoms. The molecule has 0 spiro atoms. The summed E-state index contributed by atoms with van der Waals surface area (Å²) in [7, 11) is -1.08. The van der Waals surface area contributed by atoms with Gasteiger partial charge in [0.25, 0.3) is 0 Å². The van der Waals surface area contributed by atoms with Gasteiger partial charge in [-0.25, -0.2) is 8.42 Å². The number of aryl methyl sites for hydroxylation is 1. The Hall–Kier alpha value is -1.20. The van der Waals surface area contributed by atoms with Crippen LogP contribution in [0, 0.1) is 0 Å². The van der Waals surface area contributed by atoms with Crippen LogP contribution >= 0.6 is 0 Å². The summed E-state index contributed by atoms with van der Waals surface area (Å²) in [4.78, 5) is 14.4. The molecule has 0 saturated carbocycles. The number of carbonyl (C=O) groups is 1. The zero-order chi connectivity index (χ0) is 15.6. The molecule has 0 amide bonds. The lowest BCUT2D eigenvalue weighted by atomic mass is 10.0. The van der Waals surface area contributed by atoms with Crippen LogP contribution in [0.4, 0.5) is 0 Å². The summed E-state index contributed by atoms with van der Waals surface area (Å²) < 4.78 is 23.1. The molecule has 2 rings (SSSR count). The Morgan fingerprint density at radius 2 is 1.95 bits per heavy atom. The minimum Gasteiger partial charge on any atom is -0.293 e. The summed E-state index contributed by atoms with van der Waals surface area (Å²) in [6.45, 7) is 3.93. The first-order valence-corrected chi connectivity index (χ1v) is 9.21. The highest BCUT2D eigenvalue weighted by atomic mass is 32.2. The number of Topliss-reactive ketones (excluding diaryl/α,β-unsaturated/α-hetero) is 1. The minimum absolute atomic E-state index is 0.0458. The lowest BCUT2D eigenvalue weighted by molar-refractivity contribution is 0.0830. The van der Waals surface area contributed by atoms with Crippen molar-refractivity contribution in [2.75, 3.05) is 18.6 Å². The molecule has 21 heavy (non-hydrogen) atoms. The summed E-state index contributed by atoms with van der Waals surface area (Å²) >= 11 is 0. The van der Waals surface area contributed by atoms with Gasteiger partial charge in [0.1, 0.15) is 0 Å². The first-order chi connectivity index (χ1) is 9.84. The number of likely N-dealkylation sites (N-methyl/N-ethyl adjacent to an activating group) is 1. The van der Waals surface area contributed by atoms with Crippen molar-refractivity contribution in [1.82, 2.24) is 4.90 Å². The molecule has 1 aromatic carbocycles. The normalized spacial score (nSPS) is 22.4. The van der Waals surface area contributed by atoms with Crippen molar-refractivity contribution in [3.8, 4) is 0 Å². The molecule has 1 aliphatic rings. The maximum atomic E-state index is 12.5. The Labute approximate surface area is 127 Å². The molecule has 0 aliphatic carbocycles. The molecule has 0 aromatic heterocycles. The number of rotatable bonds is 5. The highest BCUT2D eigenvalue weighted by Crippen LogP contribution is 2.20. The van der Waals surface area contributed by atoms with Gasteiger partial charge < -0.3 is 0 Å². The Bertz CT molecular complexity index is 607. The van der Waals surface area contributed by atoms with Crippen molar-refractivity contribution in [2.24, 2.45) is 0 Å². The summed E-state index contributed by atoms with van der Waals surface area (Å²) in [5.74, 6) is 0.439. The van der Waals surface area contributed by atoms with E-state index in [0.29, 0.717) is 12.0 Å². The van der Waals surface area contributed by atoms with Gasteiger partial charge in [0.15, 0.2) is 15.6 Å². The topological polar surface area (TPSA) is 54.5 Å². The second kappa shape index (κ2) is 6.28. The third-order valence-corrected chi connectivity index (χ3v) is 6.17. The standard InChI is InChI=1S/C16H23NO3S/c1-4-13-5-7-14(8-6-13)16(18)12(2)17(3)15-9-10-21(19,20)11-15/h5-8,12,15H,4,9-11H2,1-3H3. The van der Waals surface area contributed by atoms with Crippen molar-refractivity contribution in [1.29, 1.82) is 0 Å². The monoisotopic (exact) mass is 309 g/mol. The molecule has 1 heterocycles. The Morgan fingerprint density at radius 1 is 1.33 bits per heavy atom. The van der Waals surface area contributed by atoms with Crippen LogP contribution in [0.25, 0.3) is 0 Å². The van der Waals surface area contributed by atoms with Gasteiger partial charge in [0, 0.05) is 11.6 Å². The number of ketones is 1. The predicted octanol–water partition coefficient (Wildman–Crippen LogP) is 1.94. The summed E-state index contributed by atoms with van der Waals surface area (Å²) in [6.07, 6.45) is 1.56. The highest BCUT2D eigenvalue weighted by Gasteiger charge is 2.34. The smallest absolute Gasteiger partial charge is 0.179 e. The summed E-state index contributed by atoms with van der Waals surface area (Å²) in [5.41, 5.74) is 1.89. The third kappa shape index (κ3) is 3.71. The molecule has 0 N–H and O–H groups in total. The van der Waals surface area contributed by atoms with Gasteiger partial charge in [-0.15, -0.1) is 0 Å². The number of sulfone groups is 1. The average molecular weight is 309 g/mol. The van der Waals surface area contributed by atoms with Crippen LogP contribution in [0.2, 0.25) is 0 Å². The van der Waals surface area contributed by atoms with E-state index in [1.807, 2.05) is 43.1 Å². The molecule has 1 aliphatic heterocycles. The van der Waals surface area contributed by atoms with E-state index >= 15 is 0 Å². The van der Waals surface area contributed by atoms with Gasteiger partial charge in [0.05, 0.1) is 17.5 Å². The van der Waals surface area contributed by atoms with E-state index in [-0.39, 0.29) is 29.4 Å². The zero-order valence-corrected chi connectivity index (χ0v) is 13.7.